The van der Waals surface area contributed by atoms with E-state index in [4.69, 9.17) is 49.1 Å². The fraction of sp³-hybridized carbons (Fsp3) is 0.484. The molecule has 0 bridgehead atoms. The normalized spacial score (nSPS) is 12.7. The highest BCUT2D eigenvalue weighted by atomic mass is 28.4. The molecule has 454 valence electrons. The first-order chi connectivity index (χ1) is 39.2. The van der Waals surface area contributed by atoms with Crippen molar-refractivity contribution in [3.8, 4) is 22.5 Å². The Morgan fingerprint density at radius 3 is 1.47 bits per heavy atom. The molecule has 0 saturated heterocycles. The number of aliphatic hydroxyl groups excluding tert-OH is 3. The van der Waals surface area contributed by atoms with E-state index in [9.17, 15) is 14.4 Å². The van der Waals surface area contributed by atoms with Crippen molar-refractivity contribution in [2.24, 2.45) is 5.73 Å². The second-order valence-corrected chi connectivity index (χ2v) is 32.9. The molecule has 6 aromatic rings. The van der Waals surface area contributed by atoms with Gasteiger partial charge in [0.2, 0.25) is 11.6 Å². The number of rotatable bonds is 25. The van der Waals surface area contributed by atoms with E-state index in [-0.39, 0.29) is 66.8 Å². The highest BCUT2D eigenvalue weighted by Crippen LogP contribution is 2.38. The zero-order valence-electron chi connectivity index (χ0n) is 51.7. The van der Waals surface area contributed by atoms with Crippen LogP contribution in [0.25, 0.3) is 22.5 Å². The Hall–Kier alpha value is -6.30. The number of carbonyl (C=O) groups is 3. The molecule has 83 heavy (non-hydrogen) atoms. The lowest BCUT2D eigenvalue weighted by Gasteiger charge is -2.43. The van der Waals surface area contributed by atoms with E-state index in [0.29, 0.717) is 56.8 Å². The summed E-state index contributed by atoms with van der Waals surface area (Å²) < 4.78 is 33.1. The van der Waals surface area contributed by atoms with Crippen molar-refractivity contribution in [3.05, 3.63) is 144 Å². The van der Waals surface area contributed by atoms with Gasteiger partial charge in [0.05, 0.1) is 37.8 Å². The number of ether oxygens (including phenoxy) is 3. The minimum absolute atomic E-state index is 0.0740. The summed E-state index contributed by atoms with van der Waals surface area (Å²) in [5.41, 5.74) is 10.5. The Labute approximate surface area is 495 Å². The molecule has 6 N–H and O–H groups in total. The minimum Gasteiger partial charge on any atom is -0.460 e. The second-order valence-electron chi connectivity index (χ2n) is 23.8. The number of nitrogens with one attached hydrogen (secondary N) is 1. The molecule has 0 spiro atoms. The second kappa shape index (κ2) is 32.1. The van der Waals surface area contributed by atoms with Crippen LogP contribution in [0.4, 0.5) is 4.79 Å². The van der Waals surface area contributed by atoms with E-state index in [2.05, 4.69) is 113 Å². The van der Waals surface area contributed by atoms with Crippen LogP contribution in [-0.4, -0.2) is 134 Å². The number of hydrogen-bond donors (Lipinski definition) is 5. The van der Waals surface area contributed by atoms with Crippen molar-refractivity contribution < 1.29 is 52.8 Å². The number of amides is 1. The smallest absolute Gasteiger partial charge is 0.407 e. The number of aliphatic hydroxyl groups is 3. The average molecular weight is 1180 g/mol. The zero-order valence-corrected chi connectivity index (χ0v) is 53.7. The molecule has 17 nitrogen and oxygen atoms in total. The van der Waals surface area contributed by atoms with Gasteiger partial charge in [-0.2, -0.15) is 0 Å². The van der Waals surface area contributed by atoms with Gasteiger partial charge in [-0.05, 0) is 105 Å². The quantitative estimate of drug-likeness (QED) is 0.0204. The summed E-state index contributed by atoms with van der Waals surface area (Å²) in [6, 6.07) is 36.7. The number of nitrogens with zero attached hydrogens (tertiary/aromatic N) is 4. The number of carbonyl (C=O) groups excluding carboxylic acids is 3. The van der Waals surface area contributed by atoms with Crippen LogP contribution in [0.5, 0.6) is 0 Å². The van der Waals surface area contributed by atoms with Crippen molar-refractivity contribution in [1.82, 2.24) is 24.4 Å². The van der Waals surface area contributed by atoms with Gasteiger partial charge in [0.25, 0.3) is 8.32 Å². The maximum Gasteiger partial charge on any atom is 0.407 e. The predicted octanol–water partition coefficient (Wildman–Crippen LogP) is 9.73. The molecular formula is C64H94N6O11Si2. The number of benzene rings is 4. The van der Waals surface area contributed by atoms with Gasteiger partial charge in [-0.25, -0.2) is 24.4 Å². The summed E-state index contributed by atoms with van der Waals surface area (Å²) in [4.78, 5) is 47.2. The van der Waals surface area contributed by atoms with Gasteiger partial charge in [-0.3, -0.25) is 0 Å². The third-order valence-corrected chi connectivity index (χ3v) is 23.9. The Bertz CT molecular complexity index is 2860. The summed E-state index contributed by atoms with van der Waals surface area (Å²) >= 11 is 0. The van der Waals surface area contributed by atoms with Crippen molar-refractivity contribution in [1.29, 1.82) is 0 Å². The fourth-order valence-corrected chi connectivity index (χ4v) is 14.8. The zero-order chi connectivity index (χ0) is 61.6. The molecule has 2 atom stereocenters. The maximum absolute atomic E-state index is 13.2. The fourth-order valence-electron chi connectivity index (χ4n) is 9.19. The summed E-state index contributed by atoms with van der Waals surface area (Å²) in [5.74, 6) is -0.528. The van der Waals surface area contributed by atoms with E-state index in [0.717, 1.165) is 29.4 Å². The highest BCUT2D eigenvalue weighted by Gasteiger charge is 2.50. The third kappa shape index (κ3) is 20.2. The van der Waals surface area contributed by atoms with Crippen LogP contribution in [0, 0.1) is 0 Å². The summed E-state index contributed by atoms with van der Waals surface area (Å²) in [7, 11) is -3.73. The lowest BCUT2D eigenvalue weighted by atomic mass is 10.0. The van der Waals surface area contributed by atoms with Crippen LogP contribution in [0.2, 0.25) is 23.2 Å². The lowest BCUT2D eigenvalue weighted by molar-refractivity contribution is 0.0488. The number of alkyl carbamates (subject to hydrolysis) is 1. The first-order valence-corrected chi connectivity index (χ1v) is 33.5. The average Bonchev–Trinajstić information content (AvgIpc) is 2.58. The molecule has 0 aliphatic carbocycles. The monoisotopic (exact) mass is 1180 g/mol. The van der Waals surface area contributed by atoms with E-state index in [1.165, 1.54) is 10.4 Å². The molecule has 19 heteroatoms. The number of nitrogens with two attached hydrogens (primary N) is 1. The predicted molar refractivity (Wildman–Crippen MR) is 334 cm³/mol. The number of hydrogen-bond acceptors (Lipinski definition) is 14. The Kier molecular flexibility index (Phi) is 26.8. The van der Waals surface area contributed by atoms with E-state index in [1.54, 1.807) is 24.6 Å². The topological polar surface area (TPSA) is 232 Å². The third-order valence-electron chi connectivity index (χ3n) is 14.3. The van der Waals surface area contributed by atoms with Gasteiger partial charge in [0, 0.05) is 69.0 Å². The molecular weight excluding hydrogens is 1080 g/mol. The summed E-state index contributed by atoms with van der Waals surface area (Å²) in [6.45, 7) is 29.2. The van der Waals surface area contributed by atoms with Gasteiger partial charge >= 0.3 is 18.0 Å². The Balaban J connectivity index is 0.000000455. The largest absolute Gasteiger partial charge is 0.460 e. The Morgan fingerprint density at radius 2 is 1.06 bits per heavy atom. The van der Waals surface area contributed by atoms with Gasteiger partial charge in [-0.1, -0.05) is 151 Å². The van der Waals surface area contributed by atoms with Crippen LogP contribution in [0.3, 0.4) is 0 Å². The van der Waals surface area contributed by atoms with Crippen LogP contribution in [0.1, 0.15) is 121 Å². The molecule has 1 amide bonds. The van der Waals surface area contributed by atoms with Crippen molar-refractivity contribution >= 4 is 45.0 Å². The Morgan fingerprint density at radius 1 is 0.602 bits per heavy atom. The van der Waals surface area contributed by atoms with Crippen LogP contribution < -0.4 is 21.4 Å². The molecule has 6 rings (SSSR count). The molecule has 4 aromatic carbocycles. The number of aromatic nitrogens is 4. The van der Waals surface area contributed by atoms with E-state index < -0.39 is 40.3 Å². The first kappa shape index (κ1) is 69.2. The number of imidazole rings is 2. The van der Waals surface area contributed by atoms with Gasteiger partial charge in [-0.15, -0.1) is 0 Å². The molecule has 0 unspecified atom stereocenters. The van der Waals surface area contributed by atoms with Gasteiger partial charge < -0.3 is 58.6 Å². The molecule has 2 heterocycles. The van der Waals surface area contributed by atoms with Crippen molar-refractivity contribution in [2.75, 3.05) is 46.8 Å². The molecule has 0 radical (unpaired) electrons. The summed E-state index contributed by atoms with van der Waals surface area (Å²) in [6.07, 6.45) is 5.57. The molecule has 0 saturated carbocycles. The van der Waals surface area contributed by atoms with Crippen LogP contribution in [0.15, 0.2) is 122 Å². The molecule has 0 fully saturated rings. The maximum atomic E-state index is 13.2. The summed E-state index contributed by atoms with van der Waals surface area (Å²) in [5, 5.41) is 30.6. The standard InChI is InChI=1S/C45H65N3O6Si2.C18H25N3O4.CH4O/c1-13-51-41(49)40-47-39(33-48(40)29-31-52-55(11,12)44(5,6)7)35-26-24-34(25-27-35)32-36(46-42(50)54-43(2,3)4)28-30-53-56(45(8,9)10,37-20-16-14-17-21-37)38-22-18-15-19-23-38;1-2-25-18(24)17-20-16(12-21(17)8-10-23)14-5-3-13(4-6-14)11-15(19)7-9-22;1-2/h14-27,33,36H,13,28-32H2,1-12H3,(H,46,50);3-6,12,15,22-23H,2,7-11,19H2,1H3;2H,1H3/t36-;15-;/m11./s1. The van der Waals surface area contributed by atoms with Crippen molar-refractivity contribution in [3.63, 3.8) is 0 Å². The SMILES string of the molecule is CCOC(=O)c1nc(-c2ccc(C[C@@H](CCO[Si](c3ccccc3)(c3ccccc3)C(C)(C)C)NC(=O)OC(C)(C)C)cc2)cn1CCO[Si](C)(C)C(C)(C)C.CCOC(=O)c1nc(-c2ccc(C[C@H](N)CCO)cc2)cn1CCO.CO. The molecule has 2 aromatic heterocycles. The van der Waals surface area contributed by atoms with Crippen molar-refractivity contribution in [2.45, 2.75) is 156 Å². The molecule has 0 aliphatic rings. The lowest BCUT2D eigenvalue weighted by Crippen LogP contribution is -2.66. The number of esters is 2. The highest BCUT2D eigenvalue weighted by molar-refractivity contribution is 6.99. The van der Waals surface area contributed by atoms with E-state index >= 15 is 0 Å². The van der Waals surface area contributed by atoms with E-state index in [1.807, 2.05) is 92.2 Å². The van der Waals surface area contributed by atoms with Crippen LogP contribution in [-0.2, 0) is 49.0 Å². The van der Waals surface area contributed by atoms with Crippen LogP contribution >= 0.6 is 0 Å². The first-order valence-electron chi connectivity index (χ1n) is 28.7. The van der Waals surface area contributed by atoms with Gasteiger partial charge in [0.15, 0.2) is 8.32 Å². The molecule has 0 aliphatic heterocycles. The minimum atomic E-state index is -2.77. The van der Waals surface area contributed by atoms with Gasteiger partial charge in [0.1, 0.15) is 5.60 Å².